The lowest BCUT2D eigenvalue weighted by atomic mass is 9.76. The summed E-state index contributed by atoms with van der Waals surface area (Å²) in [7, 11) is 0. The average molecular weight is 409 g/mol. The van der Waals surface area contributed by atoms with Gasteiger partial charge in [-0.3, -0.25) is 9.59 Å². The molecular formula is C23H40N2O2S. The Balaban J connectivity index is 2.08. The molecule has 5 heteroatoms. The molecule has 0 aromatic carbocycles. The molecule has 0 aliphatic carbocycles. The zero-order valence-corrected chi connectivity index (χ0v) is 18.6. The van der Waals surface area contributed by atoms with Gasteiger partial charge >= 0.3 is 0 Å². The minimum Gasteiger partial charge on any atom is -0.302 e. The van der Waals surface area contributed by atoms with Crippen molar-refractivity contribution < 1.29 is 9.59 Å². The molecule has 0 unspecified atom stereocenters. The van der Waals surface area contributed by atoms with Crippen LogP contribution < -0.4 is 10.6 Å². The van der Waals surface area contributed by atoms with Crippen LogP contribution in [0.1, 0.15) is 110 Å². The Labute approximate surface area is 177 Å². The van der Waals surface area contributed by atoms with E-state index in [1.807, 2.05) is 0 Å². The third-order valence-corrected chi connectivity index (χ3v) is 5.98. The third-order valence-electron chi connectivity index (χ3n) is 5.77. The van der Waals surface area contributed by atoms with Gasteiger partial charge in [-0.1, -0.05) is 103 Å². The van der Waals surface area contributed by atoms with Crippen molar-refractivity contribution in [2.24, 2.45) is 5.41 Å². The van der Waals surface area contributed by atoms with E-state index in [4.69, 9.17) is 12.2 Å². The quantitative estimate of drug-likeness (QED) is 0.135. The highest BCUT2D eigenvalue weighted by molar-refractivity contribution is 7.80. The largest absolute Gasteiger partial charge is 0.302 e. The highest BCUT2D eigenvalue weighted by Gasteiger charge is 2.47. The summed E-state index contributed by atoms with van der Waals surface area (Å²) in [5.74, 6) is -0.563. The van der Waals surface area contributed by atoms with Crippen LogP contribution in [0.15, 0.2) is 12.7 Å². The predicted molar refractivity (Wildman–Crippen MR) is 121 cm³/mol. The fourth-order valence-electron chi connectivity index (χ4n) is 3.96. The first-order chi connectivity index (χ1) is 13.6. The monoisotopic (exact) mass is 408 g/mol. The average Bonchev–Trinajstić information content (AvgIpc) is 2.66. The normalized spacial score (nSPS) is 16.0. The van der Waals surface area contributed by atoms with Crippen molar-refractivity contribution in [2.45, 2.75) is 110 Å². The molecule has 0 spiro atoms. The van der Waals surface area contributed by atoms with Crippen LogP contribution in [0.5, 0.6) is 0 Å². The lowest BCUT2D eigenvalue weighted by molar-refractivity contribution is -0.144. The van der Waals surface area contributed by atoms with E-state index in [1.165, 1.54) is 77.0 Å². The van der Waals surface area contributed by atoms with Crippen molar-refractivity contribution in [3.63, 3.8) is 0 Å². The molecule has 1 rings (SSSR count). The standard InChI is InChI=1S/C23H40N2O2S/c1-3-5-6-7-8-9-10-11-12-13-14-15-16-17-19-23(18-4-2)20(26)24-22(28)25-21(23)27/h4H,2-3,5-19H2,1H3,(H2,24,25,26,27,28). The molecule has 2 N–H and O–H groups in total. The molecule has 0 atom stereocenters. The minimum atomic E-state index is -1.04. The Hall–Kier alpha value is -1.23. The van der Waals surface area contributed by atoms with E-state index < -0.39 is 5.41 Å². The minimum absolute atomic E-state index is 0.107. The van der Waals surface area contributed by atoms with Crippen LogP contribution in [0.4, 0.5) is 0 Å². The van der Waals surface area contributed by atoms with E-state index >= 15 is 0 Å². The first-order valence-electron chi connectivity index (χ1n) is 11.3. The maximum Gasteiger partial charge on any atom is 0.242 e. The van der Waals surface area contributed by atoms with Crippen molar-refractivity contribution >= 4 is 29.1 Å². The first-order valence-corrected chi connectivity index (χ1v) is 11.8. The second kappa shape index (κ2) is 14.7. The Kier molecular flexibility index (Phi) is 13.0. The van der Waals surface area contributed by atoms with Gasteiger partial charge in [-0.15, -0.1) is 6.58 Å². The van der Waals surface area contributed by atoms with Crippen molar-refractivity contribution in [2.75, 3.05) is 0 Å². The molecule has 1 aliphatic rings. The van der Waals surface area contributed by atoms with Crippen LogP contribution in [0.2, 0.25) is 0 Å². The molecule has 1 aliphatic heterocycles. The fourth-order valence-corrected chi connectivity index (χ4v) is 4.15. The summed E-state index contributed by atoms with van der Waals surface area (Å²) in [6.45, 7) is 5.98. The fraction of sp³-hybridized carbons (Fsp3) is 0.783. The number of carbonyl (C=O) groups is 2. The second-order valence-corrected chi connectivity index (χ2v) is 8.57. The highest BCUT2D eigenvalue weighted by atomic mass is 32.1. The van der Waals surface area contributed by atoms with Gasteiger partial charge in [0.25, 0.3) is 0 Å². The van der Waals surface area contributed by atoms with E-state index in [1.54, 1.807) is 6.08 Å². The number of allylic oxidation sites excluding steroid dienone is 1. The number of hydrogen-bond donors (Lipinski definition) is 2. The molecule has 4 nitrogen and oxygen atoms in total. The number of thiocarbonyl (C=S) groups is 1. The van der Waals surface area contributed by atoms with Gasteiger partial charge in [0, 0.05) is 0 Å². The van der Waals surface area contributed by atoms with Crippen LogP contribution >= 0.6 is 12.2 Å². The van der Waals surface area contributed by atoms with Crippen molar-refractivity contribution in [3.05, 3.63) is 12.7 Å². The maximum absolute atomic E-state index is 12.4. The van der Waals surface area contributed by atoms with Crippen LogP contribution in [0, 0.1) is 5.41 Å². The second-order valence-electron chi connectivity index (χ2n) is 8.16. The number of carbonyl (C=O) groups excluding carboxylic acids is 2. The zero-order chi connectivity index (χ0) is 20.7. The number of amides is 2. The van der Waals surface area contributed by atoms with E-state index in [-0.39, 0.29) is 16.9 Å². The van der Waals surface area contributed by atoms with E-state index in [0.717, 1.165) is 12.8 Å². The van der Waals surface area contributed by atoms with Gasteiger partial charge in [0.2, 0.25) is 11.8 Å². The molecule has 0 aromatic heterocycles. The van der Waals surface area contributed by atoms with Gasteiger partial charge in [0.15, 0.2) is 5.11 Å². The van der Waals surface area contributed by atoms with Gasteiger partial charge in [-0.2, -0.15) is 0 Å². The molecule has 0 saturated carbocycles. The molecule has 0 radical (unpaired) electrons. The van der Waals surface area contributed by atoms with Crippen molar-refractivity contribution in [1.82, 2.24) is 10.6 Å². The molecule has 1 saturated heterocycles. The molecular weight excluding hydrogens is 368 g/mol. The van der Waals surface area contributed by atoms with Gasteiger partial charge in [0.1, 0.15) is 5.41 Å². The highest BCUT2D eigenvalue weighted by Crippen LogP contribution is 2.32. The molecule has 0 bridgehead atoms. The molecule has 0 aromatic rings. The van der Waals surface area contributed by atoms with Gasteiger partial charge in [-0.25, -0.2) is 0 Å². The zero-order valence-electron chi connectivity index (χ0n) is 17.8. The molecule has 1 fully saturated rings. The molecule has 28 heavy (non-hydrogen) atoms. The molecule has 1 heterocycles. The number of rotatable bonds is 17. The maximum atomic E-state index is 12.4. The van der Waals surface area contributed by atoms with Gasteiger partial charge in [0.05, 0.1) is 0 Å². The van der Waals surface area contributed by atoms with Crippen LogP contribution in [-0.2, 0) is 9.59 Å². The summed E-state index contributed by atoms with van der Waals surface area (Å²) in [5.41, 5.74) is -1.04. The van der Waals surface area contributed by atoms with E-state index in [0.29, 0.717) is 12.8 Å². The van der Waals surface area contributed by atoms with Gasteiger partial charge in [-0.05, 0) is 25.1 Å². The Morgan fingerprint density at radius 2 is 1.18 bits per heavy atom. The summed E-state index contributed by atoms with van der Waals surface area (Å²) in [6, 6.07) is 0. The Morgan fingerprint density at radius 3 is 1.57 bits per heavy atom. The van der Waals surface area contributed by atoms with E-state index in [2.05, 4.69) is 24.1 Å². The summed E-state index contributed by atoms with van der Waals surface area (Å²) < 4.78 is 0. The summed E-state index contributed by atoms with van der Waals surface area (Å²) >= 11 is 4.90. The molecule has 2 amide bonds. The Bertz CT molecular complexity index is 485. The summed E-state index contributed by atoms with van der Waals surface area (Å²) in [4.78, 5) is 24.8. The van der Waals surface area contributed by atoms with E-state index in [9.17, 15) is 9.59 Å². The van der Waals surface area contributed by atoms with Crippen molar-refractivity contribution in [3.8, 4) is 0 Å². The number of unbranched alkanes of at least 4 members (excludes halogenated alkanes) is 13. The lowest BCUT2D eigenvalue weighted by Crippen LogP contribution is -2.62. The topological polar surface area (TPSA) is 58.2 Å². The predicted octanol–water partition coefficient (Wildman–Crippen LogP) is 5.95. The summed E-state index contributed by atoms with van der Waals surface area (Å²) in [5, 5.41) is 5.30. The molecule has 160 valence electrons. The van der Waals surface area contributed by atoms with Crippen molar-refractivity contribution in [1.29, 1.82) is 0 Å². The smallest absolute Gasteiger partial charge is 0.242 e. The number of nitrogens with one attached hydrogen (secondary N) is 2. The third kappa shape index (κ3) is 8.85. The first kappa shape index (κ1) is 24.8. The number of hydrogen-bond acceptors (Lipinski definition) is 3. The van der Waals surface area contributed by atoms with Gasteiger partial charge < -0.3 is 10.6 Å². The van der Waals surface area contributed by atoms with Crippen LogP contribution in [0.3, 0.4) is 0 Å². The van der Waals surface area contributed by atoms with Crippen LogP contribution in [0.25, 0.3) is 0 Å². The summed E-state index contributed by atoms with van der Waals surface area (Å²) in [6.07, 6.45) is 20.6. The van der Waals surface area contributed by atoms with Crippen LogP contribution in [-0.4, -0.2) is 16.9 Å². The Morgan fingerprint density at radius 1 is 0.786 bits per heavy atom. The lowest BCUT2D eigenvalue weighted by Gasteiger charge is -2.34. The SMILES string of the molecule is C=CCC1(CCCCCCCCCCCCCCCC)C(=O)NC(=S)NC1=O.